The van der Waals surface area contributed by atoms with E-state index in [1.54, 1.807) is 0 Å². The average Bonchev–Trinajstić information content (AvgIpc) is 2.08. The fourth-order valence-electron chi connectivity index (χ4n) is 1.01. The van der Waals surface area contributed by atoms with Crippen molar-refractivity contribution in [1.82, 2.24) is 0 Å². The van der Waals surface area contributed by atoms with Gasteiger partial charge in [0, 0.05) is 13.2 Å². The molecule has 3 heteroatoms. The molecule has 0 unspecified atom stereocenters. The van der Waals surface area contributed by atoms with Gasteiger partial charge in [-0.15, -0.1) is 0 Å². The van der Waals surface area contributed by atoms with Gasteiger partial charge in [0.2, 0.25) is 0 Å². The first kappa shape index (κ1) is 15.1. The molecule has 0 N–H and O–H groups in total. The van der Waals surface area contributed by atoms with E-state index in [0.717, 1.165) is 19.3 Å². The van der Waals surface area contributed by atoms with E-state index in [9.17, 15) is 0 Å². The van der Waals surface area contributed by atoms with E-state index in [-0.39, 0.29) is 0 Å². The molecule has 1 radical (unpaired) electrons. The molecule has 0 atom stereocenters. The Bertz CT molecular complexity index is 135. The van der Waals surface area contributed by atoms with Crippen LogP contribution in [0, 0.1) is 17.8 Å². The number of rotatable bonds is 8. The maximum absolute atomic E-state index is 5.84. The summed E-state index contributed by atoms with van der Waals surface area (Å²) in [6.07, 6.45) is 0. The van der Waals surface area contributed by atoms with Gasteiger partial charge in [0.15, 0.2) is 0 Å². The predicted octanol–water partition coefficient (Wildman–Crippen LogP) is 3.48. The maximum Gasteiger partial charge on any atom is 0.384 e. The summed E-state index contributed by atoms with van der Waals surface area (Å²) >= 11 is 0. The molecule has 0 fully saturated rings. The smallest absolute Gasteiger partial charge is 0.384 e. The van der Waals surface area contributed by atoms with Crippen LogP contribution >= 0.6 is 0 Å². The normalized spacial score (nSPS) is 12.4. The first-order valence-corrected chi connectivity index (χ1v) is 7.55. The van der Waals surface area contributed by atoms with Gasteiger partial charge in [-0.25, -0.2) is 0 Å². The summed E-state index contributed by atoms with van der Waals surface area (Å²) in [5.74, 6) is 1.86. The van der Waals surface area contributed by atoms with E-state index >= 15 is 0 Å². The summed E-state index contributed by atoms with van der Waals surface area (Å²) in [4.78, 5) is 0. The zero-order valence-electron chi connectivity index (χ0n) is 11.2. The zero-order valence-corrected chi connectivity index (χ0v) is 12.2. The Hall–Kier alpha value is 0.137. The second-order valence-corrected chi connectivity index (χ2v) is 7.11. The topological polar surface area (TPSA) is 18.5 Å². The lowest BCUT2D eigenvalue weighted by molar-refractivity contribution is 0.160. The lowest BCUT2D eigenvalue weighted by atomic mass is 10.2. The van der Waals surface area contributed by atoms with E-state index < -0.39 is 9.28 Å². The second kappa shape index (κ2) is 8.31. The molecule has 0 aromatic heterocycles. The molecule has 0 aromatic rings. The quantitative estimate of drug-likeness (QED) is 0.596. The van der Waals surface area contributed by atoms with E-state index in [4.69, 9.17) is 8.85 Å². The molecule has 15 heavy (non-hydrogen) atoms. The molecule has 0 aliphatic carbocycles. The molecule has 0 aliphatic heterocycles. The van der Waals surface area contributed by atoms with Crippen LogP contribution in [0.3, 0.4) is 0 Å². The predicted molar refractivity (Wildman–Crippen MR) is 67.0 cm³/mol. The van der Waals surface area contributed by atoms with Crippen molar-refractivity contribution in [2.24, 2.45) is 17.8 Å². The Morgan fingerprint density at radius 1 is 0.733 bits per heavy atom. The molecular formula is C12H27O2Si. The van der Waals surface area contributed by atoms with Crippen LogP contribution in [0.15, 0.2) is 0 Å². The molecule has 0 aliphatic rings. The second-order valence-electron chi connectivity index (χ2n) is 5.38. The van der Waals surface area contributed by atoms with Gasteiger partial charge in [-0.3, -0.25) is 0 Å². The van der Waals surface area contributed by atoms with E-state index in [1.807, 2.05) is 0 Å². The standard InChI is InChI=1S/C12H27O2Si/c1-10(2)7-13-15(9-12(5)6)14-8-11(3)4/h10-12H,7-9H2,1-6H3. The van der Waals surface area contributed by atoms with Crippen molar-refractivity contribution in [2.75, 3.05) is 13.2 Å². The SMILES string of the molecule is CC(C)CO[Si](CC(C)C)OCC(C)C. The molecule has 0 heterocycles. The molecular weight excluding hydrogens is 204 g/mol. The van der Waals surface area contributed by atoms with Crippen LogP contribution in [0.4, 0.5) is 0 Å². The first-order valence-electron chi connectivity index (χ1n) is 6.03. The average molecular weight is 231 g/mol. The summed E-state index contributed by atoms with van der Waals surface area (Å²) in [6.45, 7) is 14.8. The Kier molecular flexibility index (Phi) is 8.38. The van der Waals surface area contributed by atoms with Crippen LogP contribution in [0.25, 0.3) is 0 Å². The minimum atomic E-state index is -1.03. The summed E-state index contributed by atoms with van der Waals surface area (Å²) < 4.78 is 11.7. The van der Waals surface area contributed by atoms with Crippen molar-refractivity contribution in [2.45, 2.75) is 47.6 Å². The van der Waals surface area contributed by atoms with Crippen LogP contribution in [-0.2, 0) is 8.85 Å². The van der Waals surface area contributed by atoms with Crippen LogP contribution in [0.2, 0.25) is 6.04 Å². The van der Waals surface area contributed by atoms with Gasteiger partial charge in [0.1, 0.15) is 0 Å². The van der Waals surface area contributed by atoms with Crippen LogP contribution in [0.1, 0.15) is 41.5 Å². The Labute approximate surface area is 97.2 Å². The molecule has 0 bridgehead atoms. The first-order chi connectivity index (χ1) is 6.91. The molecule has 0 spiro atoms. The van der Waals surface area contributed by atoms with Crippen molar-refractivity contribution in [3.8, 4) is 0 Å². The lowest BCUT2D eigenvalue weighted by Crippen LogP contribution is -2.28. The van der Waals surface area contributed by atoms with Gasteiger partial charge < -0.3 is 8.85 Å². The number of hydrogen-bond acceptors (Lipinski definition) is 2. The van der Waals surface area contributed by atoms with Crippen molar-refractivity contribution < 1.29 is 8.85 Å². The lowest BCUT2D eigenvalue weighted by Gasteiger charge is -2.19. The number of hydrogen-bond donors (Lipinski definition) is 0. The summed E-state index contributed by atoms with van der Waals surface area (Å²) in [5.41, 5.74) is 0. The highest BCUT2D eigenvalue weighted by molar-refractivity contribution is 6.44. The summed E-state index contributed by atoms with van der Waals surface area (Å²) in [6, 6.07) is 1.09. The fourth-order valence-corrected chi connectivity index (χ4v) is 3.04. The summed E-state index contributed by atoms with van der Waals surface area (Å²) in [7, 11) is -1.03. The van der Waals surface area contributed by atoms with Gasteiger partial charge in [-0.2, -0.15) is 0 Å². The van der Waals surface area contributed by atoms with Gasteiger partial charge in [-0.05, 0) is 23.8 Å². The Morgan fingerprint density at radius 3 is 1.40 bits per heavy atom. The van der Waals surface area contributed by atoms with Crippen molar-refractivity contribution in [1.29, 1.82) is 0 Å². The monoisotopic (exact) mass is 231 g/mol. The third kappa shape index (κ3) is 10.4. The van der Waals surface area contributed by atoms with E-state index in [1.165, 1.54) is 0 Å². The van der Waals surface area contributed by atoms with Crippen molar-refractivity contribution >= 4 is 9.28 Å². The molecule has 0 saturated heterocycles. The molecule has 0 saturated carbocycles. The molecule has 2 nitrogen and oxygen atoms in total. The zero-order chi connectivity index (χ0) is 11.8. The molecule has 0 aromatic carbocycles. The molecule has 0 amide bonds. The Balaban J connectivity index is 3.84. The van der Waals surface area contributed by atoms with E-state index in [2.05, 4.69) is 41.5 Å². The minimum Gasteiger partial charge on any atom is -0.393 e. The largest absolute Gasteiger partial charge is 0.393 e. The maximum atomic E-state index is 5.84. The van der Waals surface area contributed by atoms with Crippen molar-refractivity contribution in [3.05, 3.63) is 0 Å². The van der Waals surface area contributed by atoms with Crippen molar-refractivity contribution in [3.63, 3.8) is 0 Å². The highest BCUT2D eigenvalue weighted by Gasteiger charge is 2.18. The summed E-state index contributed by atoms with van der Waals surface area (Å²) in [5, 5.41) is 0. The van der Waals surface area contributed by atoms with Gasteiger partial charge in [0.05, 0.1) is 0 Å². The van der Waals surface area contributed by atoms with Crippen LogP contribution in [0.5, 0.6) is 0 Å². The minimum absolute atomic E-state index is 0.597. The Morgan fingerprint density at radius 2 is 1.13 bits per heavy atom. The fraction of sp³-hybridized carbons (Fsp3) is 1.00. The molecule has 0 rings (SSSR count). The van der Waals surface area contributed by atoms with E-state index in [0.29, 0.717) is 17.8 Å². The van der Waals surface area contributed by atoms with Gasteiger partial charge >= 0.3 is 9.28 Å². The third-order valence-electron chi connectivity index (χ3n) is 1.73. The van der Waals surface area contributed by atoms with Crippen LogP contribution < -0.4 is 0 Å². The highest BCUT2D eigenvalue weighted by atomic mass is 28.3. The van der Waals surface area contributed by atoms with Crippen LogP contribution in [-0.4, -0.2) is 22.5 Å². The highest BCUT2D eigenvalue weighted by Crippen LogP contribution is 2.10. The third-order valence-corrected chi connectivity index (χ3v) is 3.86. The van der Waals surface area contributed by atoms with Gasteiger partial charge in [-0.1, -0.05) is 41.5 Å². The van der Waals surface area contributed by atoms with Gasteiger partial charge in [0.25, 0.3) is 0 Å². The molecule has 91 valence electrons.